The normalized spacial score (nSPS) is 13.6. The summed E-state index contributed by atoms with van der Waals surface area (Å²) in [5.41, 5.74) is 0.682. The fraction of sp³-hybridized carbons (Fsp3) is 0.350. The predicted molar refractivity (Wildman–Crippen MR) is 109 cm³/mol. The van der Waals surface area contributed by atoms with E-state index in [9.17, 15) is 18.0 Å². The number of alkyl halides is 3. The van der Waals surface area contributed by atoms with Crippen LogP contribution in [0.25, 0.3) is 5.95 Å². The summed E-state index contributed by atoms with van der Waals surface area (Å²) >= 11 is 0. The van der Waals surface area contributed by atoms with Gasteiger partial charge < -0.3 is 10.1 Å². The molecule has 0 saturated heterocycles. The Morgan fingerprint density at radius 3 is 2.61 bits per heavy atom. The first-order chi connectivity index (χ1) is 15.7. The minimum atomic E-state index is -4.86. The molecule has 0 spiro atoms. The molecule has 2 heterocycles. The van der Waals surface area contributed by atoms with E-state index in [-0.39, 0.29) is 29.9 Å². The Kier molecular flexibility index (Phi) is 6.14. The van der Waals surface area contributed by atoms with Crippen LogP contribution in [-0.2, 0) is 11.4 Å². The second-order valence-electron chi connectivity index (χ2n) is 7.26. The molecule has 10 nitrogen and oxygen atoms in total. The van der Waals surface area contributed by atoms with Gasteiger partial charge in [-0.05, 0) is 48.6 Å². The standard InChI is InChI=1S/C20H20F3N7O3/c1-29(32-2)19-27-16(30(28-19)18-24-6-3-7-25-18)11-26-17(31)14-8-13(12-4-5-12)9-15(10-14)33-20(21,22)23/h3,6-10,12H,4-5,11H2,1-2H3,(H,26,31). The highest BCUT2D eigenvalue weighted by Crippen LogP contribution is 2.42. The number of aromatic nitrogens is 5. The van der Waals surface area contributed by atoms with Crippen molar-refractivity contribution >= 4 is 11.9 Å². The van der Waals surface area contributed by atoms with E-state index in [4.69, 9.17) is 4.84 Å². The third-order valence-corrected chi connectivity index (χ3v) is 4.84. The molecule has 1 N–H and O–H groups in total. The predicted octanol–water partition coefficient (Wildman–Crippen LogP) is 2.76. The van der Waals surface area contributed by atoms with Gasteiger partial charge in [-0.2, -0.15) is 9.67 Å². The molecule has 0 unspecified atom stereocenters. The number of hydrogen-bond acceptors (Lipinski definition) is 8. The fourth-order valence-corrected chi connectivity index (χ4v) is 3.08. The third kappa shape index (κ3) is 5.55. The molecule has 174 valence electrons. The molecular weight excluding hydrogens is 443 g/mol. The fourth-order valence-electron chi connectivity index (χ4n) is 3.08. The summed E-state index contributed by atoms with van der Waals surface area (Å²) in [7, 11) is 3.04. The maximum atomic E-state index is 12.8. The number of anilines is 1. The molecule has 1 aromatic carbocycles. The highest BCUT2D eigenvalue weighted by Gasteiger charge is 2.33. The Morgan fingerprint density at radius 1 is 1.24 bits per heavy atom. The van der Waals surface area contributed by atoms with Gasteiger partial charge in [0.25, 0.3) is 17.8 Å². The van der Waals surface area contributed by atoms with Gasteiger partial charge in [0.15, 0.2) is 5.82 Å². The third-order valence-electron chi connectivity index (χ3n) is 4.84. The molecule has 13 heteroatoms. The van der Waals surface area contributed by atoms with Crippen molar-refractivity contribution in [3.8, 4) is 11.7 Å². The molecule has 0 radical (unpaired) electrons. The van der Waals surface area contributed by atoms with Gasteiger partial charge in [0.2, 0.25) is 0 Å². The first-order valence-corrected chi connectivity index (χ1v) is 9.93. The quantitative estimate of drug-likeness (QED) is 0.509. The molecule has 0 bridgehead atoms. The van der Waals surface area contributed by atoms with Gasteiger partial charge in [0.1, 0.15) is 5.75 Å². The van der Waals surface area contributed by atoms with Gasteiger partial charge in [0, 0.05) is 25.0 Å². The van der Waals surface area contributed by atoms with Gasteiger partial charge >= 0.3 is 6.36 Å². The molecule has 2 aromatic heterocycles. The van der Waals surface area contributed by atoms with E-state index < -0.39 is 18.0 Å². The number of hydroxylamine groups is 1. The zero-order valence-corrected chi connectivity index (χ0v) is 17.7. The van der Waals surface area contributed by atoms with Gasteiger partial charge in [0.05, 0.1) is 13.7 Å². The second-order valence-corrected chi connectivity index (χ2v) is 7.26. The topological polar surface area (TPSA) is 107 Å². The lowest BCUT2D eigenvalue weighted by Gasteiger charge is -2.13. The molecular formula is C20H20F3N7O3. The first kappa shape index (κ1) is 22.5. The smallest absolute Gasteiger partial charge is 0.406 e. The summed E-state index contributed by atoms with van der Waals surface area (Å²) in [6.45, 7) is -0.0925. The van der Waals surface area contributed by atoms with Crippen molar-refractivity contribution in [2.45, 2.75) is 31.7 Å². The maximum Gasteiger partial charge on any atom is 0.573 e. The lowest BCUT2D eigenvalue weighted by atomic mass is 10.1. The summed E-state index contributed by atoms with van der Waals surface area (Å²) < 4.78 is 43.6. The van der Waals surface area contributed by atoms with Crippen molar-refractivity contribution in [3.05, 3.63) is 53.6 Å². The van der Waals surface area contributed by atoms with E-state index in [1.807, 2.05) is 0 Å². The van der Waals surface area contributed by atoms with E-state index in [0.717, 1.165) is 18.9 Å². The van der Waals surface area contributed by atoms with Crippen LogP contribution < -0.4 is 15.1 Å². The number of halogens is 3. The highest BCUT2D eigenvalue weighted by atomic mass is 19.4. The molecule has 4 rings (SSSR count). The maximum absolute atomic E-state index is 12.8. The number of carbonyl (C=O) groups excluding carboxylic acids is 1. The summed E-state index contributed by atoms with van der Waals surface area (Å²) in [6, 6.07) is 5.59. The molecule has 1 amide bonds. The zero-order chi connectivity index (χ0) is 23.6. The number of rotatable bonds is 8. The summed E-state index contributed by atoms with van der Waals surface area (Å²) in [6.07, 6.45) is -0.0971. The van der Waals surface area contributed by atoms with Crippen LogP contribution in [0.1, 0.15) is 40.5 Å². The Morgan fingerprint density at radius 2 is 1.97 bits per heavy atom. The highest BCUT2D eigenvalue weighted by molar-refractivity contribution is 5.94. The molecule has 33 heavy (non-hydrogen) atoms. The summed E-state index contributed by atoms with van der Waals surface area (Å²) in [5.74, 6) is -0.179. The average molecular weight is 463 g/mol. The van der Waals surface area contributed by atoms with E-state index in [1.54, 1.807) is 19.2 Å². The Balaban J connectivity index is 1.57. The van der Waals surface area contributed by atoms with Gasteiger partial charge in [-0.25, -0.2) is 15.0 Å². The Bertz CT molecular complexity index is 1130. The molecule has 1 aliphatic rings. The SMILES string of the molecule is CON(C)c1nc(CNC(=O)c2cc(OC(F)(F)F)cc(C3CC3)c2)n(-c2ncccn2)n1. The number of amides is 1. The molecule has 1 aliphatic carbocycles. The second kappa shape index (κ2) is 9.02. The van der Waals surface area contributed by atoms with E-state index in [2.05, 4.69) is 30.1 Å². The van der Waals surface area contributed by atoms with Crippen LogP contribution >= 0.6 is 0 Å². The molecule has 1 fully saturated rings. The molecule has 0 aliphatic heterocycles. The lowest BCUT2D eigenvalue weighted by Crippen LogP contribution is -2.25. The Hall–Kier alpha value is -3.74. The first-order valence-electron chi connectivity index (χ1n) is 9.93. The number of ether oxygens (including phenoxy) is 1. The Labute approximate surface area is 186 Å². The largest absolute Gasteiger partial charge is 0.573 e. The van der Waals surface area contributed by atoms with Crippen molar-refractivity contribution in [1.29, 1.82) is 0 Å². The monoisotopic (exact) mass is 463 g/mol. The van der Waals surface area contributed by atoms with Crippen LogP contribution in [0.15, 0.2) is 36.7 Å². The minimum absolute atomic E-state index is 0.0508. The average Bonchev–Trinajstić information content (AvgIpc) is 3.55. The van der Waals surface area contributed by atoms with Gasteiger partial charge in [-0.3, -0.25) is 9.63 Å². The number of hydrogen-bond donors (Lipinski definition) is 1. The van der Waals surface area contributed by atoms with Crippen molar-refractivity contribution in [2.24, 2.45) is 0 Å². The number of benzene rings is 1. The summed E-state index contributed by atoms with van der Waals surface area (Å²) in [5, 5.41) is 8.26. The van der Waals surface area contributed by atoms with Crippen LogP contribution in [0.2, 0.25) is 0 Å². The van der Waals surface area contributed by atoms with Gasteiger partial charge in [-0.1, -0.05) is 0 Å². The van der Waals surface area contributed by atoms with Crippen molar-refractivity contribution < 1.29 is 27.5 Å². The molecule has 3 aromatic rings. The van der Waals surface area contributed by atoms with Crippen LogP contribution in [0.3, 0.4) is 0 Å². The van der Waals surface area contributed by atoms with Crippen LogP contribution in [0.5, 0.6) is 5.75 Å². The lowest BCUT2D eigenvalue weighted by molar-refractivity contribution is -0.274. The van der Waals surface area contributed by atoms with E-state index >= 15 is 0 Å². The molecule has 1 saturated carbocycles. The summed E-state index contributed by atoms with van der Waals surface area (Å²) in [4.78, 5) is 30.5. The van der Waals surface area contributed by atoms with Crippen molar-refractivity contribution in [2.75, 3.05) is 19.2 Å². The van der Waals surface area contributed by atoms with E-state index in [0.29, 0.717) is 11.4 Å². The molecule has 0 atom stereocenters. The number of nitrogens with zero attached hydrogens (tertiary/aromatic N) is 6. The van der Waals surface area contributed by atoms with Crippen LogP contribution in [0.4, 0.5) is 19.1 Å². The minimum Gasteiger partial charge on any atom is -0.406 e. The van der Waals surface area contributed by atoms with Gasteiger partial charge in [-0.15, -0.1) is 18.3 Å². The van der Waals surface area contributed by atoms with Crippen LogP contribution in [0, 0.1) is 0 Å². The van der Waals surface area contributed by atoms with Crippen molar-refractivity contribution in [1.82, 2.24) is 30.0 Å². The van der Waals surface area contributed by atoms with Crippen LogP contribution in [-0.4, -0.2) is 51.2 Å². The van der Waals surface area contributed by atoms with E-state index in [1.165, 1.54) is 35.3 Å². The van der Waals surface area contributed by atoms with Crippen molar-refractivity contribution in [3.63, 3.8) is 0 Å². The number of nitrogens with one attached hydrogen (secondary N) is 1. The zero-order valence-electron chi connectivity index (χ0n) is 17.7. The number of carbonyl (C=O) groups is 1.